The van der Waals surface area contributed by atoms with Crippen LogP contribution in [0.25, 0.3) is 0 Å². The molecule has 2 aromatic heterocycles. The zero-order chi connectivity index (χ0) is 27.7. The molecule has 37 heavy (non-hydrogen) atoms. The topological polar surface area (TPSA) is 90.3 Å². The van der Waals surface area contributed by atoms with Gasteiger partial charge in [0.15, 0.2) is 0 Å². The number of nitrogens with zero attached hydrogens (tertiary/aromatic N) is 2. The summed E-state index contributed by atoms with van der Waals surface area (Å²) in [5, 5.41) is 20.9. The Kier molecular flexibility index (Phi) is 11.4. The van der Waals surface area contributed by atoms with Gasteiger partial charge in [-0.3, -0.25) is 9.80 Å². The minimum Gasteiger partial charge on any atom is -0.475 e. The normalized spacial score (nSPS) is 20.9. The summed E-state index contributed by atoms with van der Waals surface area (Å²) in [5.41, 5.74) is 1.77. The maximum absolute atomic E-state index is 10.6. The van der Waals surface area contributed by atoms with Gasteiger partial charge in [-0.25, -0.2) is 9.59 Å². The highest BCUT2D eigenvalue weighted by Gasteiger charge is 2.41. The van der Waals surface area contributed by atoms with Gasteiger partial charge in [-0.1, -0.05) is 6.07 Å². The van der Waals surface area contributed by atoms with Gasteiger partial charge in [0.25, 0.3) is 0 Å². The van der Waals surface area contributed by atoms with Gasteiger partial charge in [-0.15, -0.1) is 11.3 Å². The quantitative estimate of drug-likeness (QED) is 0.506. The van der Waals surface area contributed by atoms with Crippen LogP contribution in [0.3, 0.4) is 0 Å². The van der Waals surface area contributed by atoms with E-state index in [9.17, 15) is 26.3 Å². The van der Waals surface area contributed by atoms with Crippen molar-refractivity contribution in [2.24, 2.45) is 5.41 Å². The predicted octanol–water partition coefficient (Wildman–Crippen LogP) is 4.80. The average Bonchev–Trinajstić information content (AvgIpc) is 3.52. The minimum atomic E-state index is -5.08. The number of carbonyl (C=O) groups is 2. The minimum absolute atomic E-state index is 0.323. The van der Waals surface area contributed by atoms with E-state index in [4.69, 9.17) is 24.5 Å². The smallest absolute Gasteiger partial charge is 0.475 e. The van der Waals surface area contributed by atoms with E-state index in [0.29, 0.717) is 5.41 Å². The van der Waals surface area contributed by atoms with Crippen molar-refractivity contribution in [3.8, 4) is 0 Å². The van der Waals surface area contributed by atoms with E-state index in [1.54, 1.807) is 11.3 Å². The number of carboxylic acids is 2. The molecule has 0 bridgehead atoms. The van der Waals surface area contributed by atoms with Crippen molar-refractivity contribution >= 4 is 34.6 Å². The molecule has 1 unspecified atom stereocenters. The first-order valence-electron chi connectivity index (χ1n) is 10.9. The molecule has 2 N–H and O–H groups in total. The Hall–Kier alpha value is -2.20. The number of hydrogen-bond acceptors (Lipinski definition) is 7. The number of carboxylic acid groups (broad SMARTS) is 2. The van der Waals surface area contributed by atoms with E-state index >= 15 is 0 Å². The molecule has 0 aliphatic carbocycles. The lowest BCUT2D eigenvalue weighted by molar-refractivity contribution is -0.193. The third-order valence-electron chi connectivity index (χ3n) is 5.47. The Morgan fingerprint density at radius 1 is 0.946 bits per heavy atom. The van der Waals surface area contributed by atoms with Crippen molar-refractivity contribution < 1.29 is 50.9 Å². The molecule has 1 atom stereocenters. The maximum Gasteiger partial charge on any atom is 0.490 e. The van der Waals surface area contributed by atoms with Crippen LogP contribution in [0.5, 0.6) is 0 Å². The van der Waals surface area contributed by atoms with Crippen LogP contribution in [0.1, 0.15) is 16.9 Å². The van der Waals surface area contributed by atoms with Crippen molar-refractivity contribution in [3.63, 3.8) is 0 Å². The molecular formula is C22H26F6N2O5S2. The standard InChI is InChI=1S/C18H24N2OS2.2C2HF3O2/c1-2-17(23-8-1)11-19-5-4-18(13-19)14-20(6-7-21-15-18)10-16-3-9-22-12-16;2*3-2(4,5)1(6)7/h1-3,8-9,12H,4-7,10-11,13-15H2;2*(H,6,7). The number of thiophene rings is 2. The molecule has 15 heteroatoms. The molecule has 0 saturated carbocycles. The highest BCUT2D eigenvalue weighted by Crippen LogP contribution is 2.35. The van der Waals surface area contributed by atoms with E-state index in [-0.39, 0.29) is 0 Å². The van der Waals surface area contributed by atoms with E-state index in [2.05, 4.69) is 44.1 Å². The van der Waals surface area contributed by atoms with Crippen LogP contribution in [0.4, 0.5) is 26.3 Å². The number of aliphatic carboxylic acids is 2. The van der Waals surface area contributed by atoms with Crippen molar-refractivity contribution in [1.29, 1.82) is 0 Å². The van der Waals surface area contributed by atoms with Gasteiger partial charge in [0.05, 0.1) is 13.2 Å². The molecule has 0 amide bonds. The number of rotatable bonds is 4. The van der Waals surface area contributed by atoms with E-state index in [1.807, 2.05) is 11.3 Å². The molecule has 2 aliphatic rings. The van der Waals surface area contributed by atoms with E-state index in [0.717, 1.165) is 32.8 Å². The second kappa shape index (κ2) is 13.6. The third kappa shape index (κ3) is 11.0. The number of likely N-dealkylation sites (tertiary alicyclic amines) is 1. The molecule has 4 heterocycles. The number of halogens is 6. The molecule has 1 spiro atoms. The lowest BCUT2D eigenvalue weighted by Gasteiger charge is -2.31. The van der Waals surface area contributed by atoms with Gasteiger partial charge in [0.2, 0.25) is 0 Å². The van der Waals surface area contributed by atoms with Crippen LogP contribution < -0.4 is 0 Å². The van der Waals surface area contributed by atoms with Crippen molar-refractivity contribution in [2.75, 3.05) is 39.4 Å². The fraction of sp³-hybridized carbons (Fsp3) is 0.545. The van der Waals surface area contributed by atoms with Gasteiger partial charge in [-0.2, -0.15) is 37.7 Å². The summed E-state index contributed by atoms with van der Waals surface area (Å²) >= 11 is 3.66. The van der Waals surface area contributed by atoms with Crippen LogP contribution in [-0.2, 0) is 27.4 Å². The summed E-state index contributed by atoms with van der Waals surface area (Å²) in [6.07, 6.45) is -8.90. The van der Waals surface area contributed by atoms with E-state index in [1.165, 1.54) is 36.5 Å². The van der Waals surface area contributed by atoms with Crippen molar-refractivity contribution in [2.45, 2.75) is 31.9 Å². The first-order valence-corrected chi connectivity index (χ1v) is 12.7. The molecule has 208 valence electrons. The Morgan fingerprint density at radius 2 is 1.54 bits per heavy atom. The first-order chi connectivity index (χ1) is 17.2. The Morgan fingerprint density at radius 3 is 2.03 bits per heavy atom. The van der Waals surface area contributed by atoms with E-state index < -0.39 is 24.3 Å². The largest absolute Gasteiger partial charge is 0.490 e. The fourth-order valence-electron chi connectivity index (χ4n) is 3.89. The van der Waals surface area contributed by atoms with Crippen LogP contribution in [-0.4, -0.2) is 83.7 Å². The SMILES string of the molecule is O=C(O)C(F)(F)F.O=C(O)C(F)(F)F.c1csc(CN2CCC3(COCCN(Cc4ccsc4)C3)C2)c1. The molecule has 2 saturated heterocycles. The molecule has 4 rings (SSSR count). The monoisotopic (exact) mass is 576 g/mol. The zero-order valence-electron chi connectivity index (χ0n) is 19.4. The molecule has 0 aromatic carbocycles. The zero-order valence-corrected chi connectivity index (χ0v) is 21.1. The summed E-state index contributed by atoms with van der Waals surface area (Å²) in [4.78, 5) is 24.5. The molecule has 0 radical (unpaired) electrons. The Labute approximate surface area is 216 Å². The predicted molar refractivity (Wildman–Crippen MR) is 124 cm³/mol. The van der Waals surface area contributed by atoms with Crippen molar-refractivity contribution in [1.82, 2.24) is 9.80 Å². The number of hydrogen-bond donors (Lipinski definition) is 2. The summed E-state index contributed by atoms with van der Waals surface area (Å²) in [6.45, 7) is 8.57. The maximum atomic E-state index is 10.6. The summed E-state index contributed by atoms with van der Waals surface area (Å²) in [5.74, 6) is -5.51. The molecule has 2 aromatic rings. The molecule has 2 fully saturated rings. The summed E-state index contributed by atoms with van der Waals surface area (Å²) < 4.78 is 69.5. The first kappa shape index (κ1) is 31.0. The average molecular weight is 577 g/mol. The van der Waals surface area contributed by atoms with Crippen molar-refractivity contribution in [3.05, 3.63) is 44.8 Å². The fourth-order valence-corrected chi connectivity index (χ4v) is 5.30. The highest BCUT2D eigenvalue weighted by molar-refractivity contribution is 7.09. The number of ether oxygens (including phenoxy) is 1. The summed E-state index contributed by atoms with van der Waals surface area (Å²) in [6, 6.07) is 6.66. The van der Waals surface area contributed by atoms with Crippen LogP contribution >= 0.6 is 22.7 Å². The van der Waals surface area contributed by atoms with Gasteiger partial charge >= 0.3 is 24.3 Å². The van der Waals surface area contributed by atoms with Gasteiger partial charge in [-0.05, 0) is 46.8 Å². The second-order valence-corrected chi connectivity index (χ2v) is 10.4. The van der Waals surface area contributed by atoms with Crippen LogP contribution in [0.15, 0.2) is 34.3 Å². The van der Waals surface area contributed by atoms with Crippen LogP contribution in [0, 0.1) is 5.41 Å². The highest BCUT2D eigenvalue weighted by atomic mass is 32.1. The number of alkyl halides is 6. The Balaban J connectivity index is 0.000000286. The lowest BCUT2D eigenvalue weighted by Crippen LogP contribution is -2.40. The molecule has 7 nitrogen and oxygen atoms in total. The molecular weight excluding hydrogens is 550 g/mol. The van der Waals surface area contributed by atoms with Crippen LogP contribution in [0.2, 0.25) is 0 Å². The third-order valence-corrected chi connectivity index (χ3v) is 7.06. The Bertz CT molecular complexity index is 945. The van der Waals surface area contributed by atoms with Gasteiger partial charge in [0, 0.05) is 43.0 Å². The lowest BCUT2D eigenvalue weighted by atomic mass is 9.87. The summed E-state index contributed by atoms with van der Waals surface area (Å²) in [7, 11) is 0. The van der Waals surface area contributed by atoms with Gasteiger partial charge < -0.3 is 14.9 Å². The molecule has 2 aliphatic heterocycles. The van der Waals surface area contributed by atoms with Gasteiger partial charge in [0.1, 0.15) is 0 Å². The second-order valence-electron chi connectivity index (χ2n) is 8.54.